The van der Waals surface area contributed by atoms with Crippen molar-refractivity contribution in [2.24, 2.45) is 0 Å². The lowest BCUT2D eigenvalue weighted by Gasteiger charge is -2.05. The lowest BCUT2D eigenvalue weighted by Crippen LogP contribution is -2.06. The minimum atomic E-state index is 0.0380. The zero-order chi connectivity index (χ0) is 14.2. The highest BCUT2D eigenvalue weighted by molar-refractivity contribution is 9.10. The Balaban J connectivity index is 2.31. The summed E-state index contributed by atoms with van der Waals surface area (Å²) in [7, 11) is 0. The summed E-state index contributed by atoms with van der Waals surface area (Å²) >= 11 is 9.49. The molecule has 0 saturated carbocycles. The number of hydrogen-bond donors (Lipinski definition) is 0. The second-order valence-electron chi connectivity index (χ2n) is 4.55. The average Bonchev–Trinajstić information content (AvgIpc) is 2.57. The van der Waals surface area contributed by atoms with Crippen LogP contribution in [0.15, 0.2) is 27.1 Å². The summed E-state index contributed by atoms with van der Waals surface area (Å²) in [6.45, 7) is 5.59. The van der Waals surface area contributed by atoms with E-state index in [0.29, 0.717) is 16.3 Å². The van der Waals surface area contributed by atoms with Gasteiger partial charge in [-0.05, 0) is 38.5 Å². The molecular formula is C15H14BrClO2. The largest absolute Gasteiger partial charge is 0.466 e. The van der Waals surface area contributed by atoms with Crippen molar-refractivity contribution in [3.05, 3.63) is 55.9 Å². The second-order valence-corrected chi connectivity index (χ2v) is 5.87. The van der Waals surface area contributed by atoms with Crippen LogP contribution < -0.4 is 0 Å². The van der Waals surface area contributed by atoms with E-state index >= 15 is 0 Å². The maximum Gasteiger partial charge on any atom is 0.171 e. The van der Waals surface area contributed by atoms with Gasteiger partial charge in [0, 0.05) is 21.5 Å². The number of ketones is 1. The molecule has 0 spiro atoms. The minimum absolute atomic E-state index is 0.0380. The molecule has 0 amide bonds. The van der Waals surface area contributed by atoms with Crippen molar-refractivity contribution in [3.63, 3.8) is 0 Å². The molecule has 0 atom stereocenters. The first-order chi connectivity index (χ1) is 8.90. The standard InChI is InChI=1S/C15H14BrClO2/c1-8-9(2)19-10(3)15(8)14(18)6-11-4-5-12(16)7-13(11)17/h4-5,7H,6H2,1-3H3. The first-order valence-corrected chi connectivity index (χ1v) is 7.11. The predicted octanol–water partition coefficient (Wildman–Crippen LogP) is 5.05. The molecular weight excluding hydrogens is 328 g/mol. The molecule has 2 aromatic rings. The average molecular weight is 342 g/mol. The molecule has 1 heterocycles. The number of carbonyl (C=O) groups excluding carboxylic acids is 1. The molecule has 1 aromatic heterocycles. The summed E-state index contributed by atoms with van der Waals surface area (Å²) in [5.41, 5.74) is 2.42. The second kappa shape index (κ2) is 5.51. The van der Waals surface area contributed by atoms with Gasteiger partial charge >= 0.3 is 0 Å². The van der Waals surface area contributed by atoms with Crippen molar-refractivity contribution in [3.8, 4) is 0 Å². The number of Topliss-reactive ketones (excluding diaryl/α,β-unsaturated/α-hetero) is 1. The fraction of sp³-hybridized carbons (Fsp3) is 0.267. The third kappa shape index (κ3) is 2.93. The van der Waals surface area contributed by atoms with Crippen LogP contribution in [0.2, 0.25) is 5.02 Å². The Morgan fingerprint density at radius 2 is 1.95 bits per heavy atom. The molecule has 0 fully saturated rings. The van der Waals surface area contributed by atoms with Crippen molar-refractivity contribution in [2.75, 3.05) is 0 Å². The molecule has 1 aromatic carbocycles. The molecule has 0 bridgehead atoms. The predicted molar refractivity (Wildman–Crippen MR) is 80.1 cm³/mol. The maximum absolute atomic E-state index is 12.4. The van der Waals surface area contributed by atoms with E-state index < -0.39 is 0 Å². The van der Waals surface area contributed by atoms with Gasteiger partial charge in [0.1, 0.15) is 11.5 Å². The van der Waals surface area contributed by atoms with Crippen LogP contribution in [0.4, 0.5) is 0 Å². The summed E-state index contributed by atoms with van der Waals surface area (Å²) in [5, 5.41) is 0.596. The molecule has 4 heteroatoms. The molecule has 0 N–H and O–H groups in total. The van der Waals surface area contributed by atoms with E-state index in [1.165, 1.54) is 0 Å². The van der Waals surface area contributed by atoms with Gasteiger partial charge in [-0.15, -0.1) is 0 Å². The number of carbonyl (C=O) groups is 1. The zero-order valence-corrected chi connectivity index (χ0v) is 13.4. The van der Waals surface area contributed by atoms with Crippen LogP contribution in [0.5, 0.6) is 0 Å². The molecule has 0 saturated heterocycles. The van der Waals surface area contributed by atoms with Gasteiger partial charge < -0.3 is 4.42 Å². The first-order valence-electron chi connectivity index (χ1n) is 5.94. The Bertz CT molecular complexity index is 644. The maximum atomic E-state index is 12.4. The van der Waals surface area contributed by atoms with Gasteiger partial charge in [0.2, 0.25) is 0 Å². The van der Waals surface area contributed by atoms with Crippen molar-refractivity contribution < 1.29 is 9.21 Å². The van der Waals surface area contributed by atoms with Crippen molar-refractivity contribution >= 4 is 33.3 Å². The smallest absolute Gasteiger partial charge is 0.171 e. The van der Waals surface area contributed by atoms with Gasteiger partial charge in [-0.3, -0.25) is 4.79 Å². The van der Waals surface area contributed by atoms with E-state index in [-0.39, 0.29) is 12.2 Å². The number of aryl methyl sites for hydroxylation is 2. The van der Waals surface area contributed by atoms with Crippen LogP contribution in [0.1, 0.15) is 33.0 Å². The zero-order valence-electron chi connectivity index (χ0n) is 11.0. The first kappa shape index (κ1) is 14.4. The highest BCUT2D eigenvalue weighted by atomic mass is 79.9. The van der Waals surface area contributed by atoms with Gasteiger partial charge in [-0.2, -0.15) is 0 Å². The van der Waals surface area contributed by atoms with Gasteiger partial charge in [0.15, 0.2) is 5.78 Å². The summed E-state index contributed by atoms with van der Waals surface area (Å²) in [4.78, 5) is 12.4. The van der Waals surface area contributed by atoms with E-state index in [0.717, 1.165) is 21.4 Å². The Morgan fingerprint density at radius 1 is 1.26 bits per heavy atom. The topological polar surface area (TPSA) is 30.2 Å². The number of halogens is 2. The van der Waals surface area contributed by atoms with Crippen molar-refractivity contribution in [1.82, 2.24) is 0 Å². The molecule has 0 aliphatic heterocycles. The van der Waals surface area contributed by atoms with E-state index in [4.69, 9.17) is 16.0 Å². The summed E-state index contributed by atoms with van der Waals surface area (Å²) < 4.78 is 6.40. The van der Waals surface area contributed by atoms with Crippen LogP contribution in [0, 0.1) is 20.8 Å². The van der Waals surface area contributed by atoms with Gasteiger partial charge in [-0.25, -0.2) is 0 Å². The van der Waals surface area contributed by atoms with Crippen LogP contribution in [-0.2, 0) is 6.42 Å². The third-order valence-corrected chi connectivity index (χ3v) is 4.05. The van der Waals surface area contributed by atoms with Crippen LogP contribution in [0.25, 0.3) is 0 Å². The van der Waals surface area contributed by atoms with E-state index in [9.17, 15) is 4.79 Å². The summed E-state index contributed by atoms with van der Waals surface area (Å²) in [5.74, 6) is 1.51. The van der Waals surface area contributed by atoms with Gasteiger partial charge in [0.25, 0.3) is 0 Å². The van der Waals surface area contributed by atoms with Crippen LogP contribution in [-0.4, -0.2) is 5.78 Å². The van der Waals surface area contributed by atoms with E-state index in [1.54, 1.807) is 6.07 Å². The summed E-state index contributed by atoms with van der Waals surface area (Å²) in [6, 6.07) is 5.54. The fourth-order valence-electron chi connectivity index (χ4n) is 2.13. The number of benzene rings is 1. The molecule has 0 aliphatic rings. The number of hydrogen-bond acceptors (Lipinski definition) is 2. The molecule has 2 rings (SSSR count). The van der Waals surface area contributed by atoms with Gasteiger partial charge in [0.05, 0.1) is 5.56 Å². The van der Waals surface area contributed by atoms with E-state index in [1.807, 2.05) is 32.9 Å². The highest BCUT2D eigenvalue weighted by Crippen LogP contribution is 2.26. The highest BCUT2D eigenvalue weighted by Gasteiger charge is 2.19. The molecule has 0 radical (unpaired) electrons. The van der Waals surface area contributed by atoms with Crippen LogP contribution in [0.3, 0.4) is 0 Å². The molecule has 2 nitrogen and oxygen atoms in total. The Kier molecular flexibility index (Phi) is 4.16. The minimum Gasteiger partial charge on any atom is -0.466 e. The normalized spacial score (nSPS) is 10.8. The molecule has 19 heavy (non-hydrogen) atoms. The Labute approximate surface area is 125 Å². The SMILES string of the molecule is Cc1oc(C)c(C(=O)Cc2ccc(Br)cc2Cl)c1C. The fourth-order valence-corrected chi connectivity index (χ4v) is 2.87. The lowest BCUT2D eigenvalue weighted by atomic mass is 10.00. The van der Waals surface area contributed by atoms with Gasteiger partial charge in [-0.1, -0.05) is 33.6 Å². The van der Waals surface area contributed by atoms with E-state index in [2.05, 4.69) is 15.9 Å². The Morgan fingerprint density at radius 3 is 2.47 bits per heavy atom. The third-order valence-electron chi connectivity index (χ3n) is 3.21. The van der Waals surface area contributed by atoms with Crippen LogP contribution >= 0.6 is 27.5 Å². The Hall–Kier alpha value is -1.06. The number of rotatable bonds is 3. The summed E-state index contributed by atoms with van der Waals surface area (Å²) in [6.07, 6.45) is 0.284. The van der Waals surface area contributed by atoms with Crippen molar-refractivity contribution in [1.29, 1.82) is 0 Å². The lowest BCUT2D eigenvalue weighted by molar-refractivity contribution is 0.0991. The monoisotopic (exact) mass is 340 g/mol. The number of furan rings is 1. The molecule has 0 aliphatic carbocycles. The quantitative estimate of drug-likeness (QED) is 0.732. The van der Waals surface area contributed by atoms with Crippen molar-refractivity contribution in [2.45, 2.75) is 27.2 Å². The molecule has 0 unspecified atom stereocenters. The molecule has 100 valence electrons.